The summed E-state index contributed by atoms with van der Waals surface area (Å²) in [5.41, 5.74) is 3.00. The van der Waals surface area contributed by atoms with E-state index in [1.807, 2.05) is 17.3 Å². The van der Waals surface area contributed by atoms with Gasteiger partial charge in [-0.25, -0.2) is 9.07 Å². The van der Waals surface area contributed by atoms with Crippen LogP contribution in [0.2, 0.25) is 0 Å². The first kappa shape index (κ1) is 17.9. The lowest BCUT2D eigenvalue weighted by molar-refractivity contribution is 0.0713. The summed E-state index contributed by atoms with van der Waals surface area (Å²) in [5, 5.41) is 13.4. The average Bonchev–Trinajstić information content (AvgIpc) is 3.24. The number of benzene rings is 2. The van der Waals surface area contributed by atoms with Gasteiger partial charge in [0.1, 0.15) is 5.82 Å². The zero-order chi connectivity index (χ0) is 19.5. The van der Waals surface area contributed by atoms with Crippen LogP contribution in [0, 0.1) is 17.1 Å². The number of piperidine rings is 1. The molecular weight excluding hydrogens is 355 g/mol. The molecule has 3 aromatic rings. The molecule has 1 amide bonds. The van der Waals surface area contributed by atoms with E-state index in [0.717, 1.165) is 24.1 Å². The number of hydrogen-bond acceptors (Lipinski definition) is 3. The molecule has 1 aromatic heterocycles. The van der Waals surface area contributed by atoms with E-state index in [0.29, 0.717) is 30.1 Å². The topological polar surface area (TPSA) is 61.9 Å². The Kier molecular flexibility index (Phi) is 4.90. The van der Waals surface area contributed by atoms with Gasteiger partial charge < -0.3 is 4.90 Å². The Morgan fingerprint density at radius 1 is 1.14 bits per heavy atom. The number of likely N-dealkylation sites (tertiary alicyclic amines) is 1. The molecule has 0 unspecified atom stereocenters. The number of carbonyl (C=O) groups excluding carboxylic acids is 1. The van der Waals surface area contributed by atoms with E-state index in [1.165, 1.54) is 12.1 Å². The molecule has 28 heavy (non-hydrogen) atoms. The molecule has 0 radical (unpaired) electrons. The minimum Gasteiger partial charge on any atom is -0.339 e. The SMILES string of the molecule is N#Cc1cccc(C(=O)N2CCC(c3cnn(-c4ccc(F)cc4)c3)CC2)c1. The molecule has 1 aliphatic rings. The third-order valence-electron chi connectivity index (χ3n) is 5.19. The van der Waals surface area contributed by atoms with Gasteiger partial charge in [-0.2, -0.15) is 10.4 Å². The maximum Gasteiger partial charge on any atom is 0.253 e. The predicted molar refractivity (Wildman–Crippen MR) is 103 cm³/mol. The highest BCUT2D eigenvalue weighted by atomic mass is 19.1. The molecule has 0 spiro atoms. The Bertz CT molecular complexity index is 1030. The third kappa shape index (κ3) is 3.65. The van der Waals surface area contributed by atoms with Crippen molar-refractivity contribution in [3.8, 4) is 11.8 Å². The zero-order valence-corrected chi connectivity index (χ0v) is 15.3. The molecule has 2 aromatic carbocycles. The second-order valence-electron chi connectivity index (χ2n) is 6.95. The quantitative estimate of drug-likeness (QED) is 0.698. The van der Waals surface area contributed by atoms with Gasteiger partial charge in [-0.1, -0.05) is 6.07 Å². The molecule has 2 heterocycles. The van der Waals surface area contributed by atoms with Crippen LogP contribution in [0.3, 0.4) is 0 Å². The third-order valence-corrected chi connectivity index (χ3v) is 5.19. The number of amides is 1. The van der Waals surface area contributed by atoms with Crippen LogP contribution in [0.25, 0.3) is 5.69 Å². The molecule has 140 valence electrons. The molecule has 1 fully saturated rings. The van der Waals surface area contributed by atoms with Crippen molar-refractivity contribution in [2.75, 3.05) is 13.1 Å². The van der Waals surface area contributed by atoms with Gasteiger partial charge in [0, 0.05) is 24.8 Å². The second kappa shape index (κ2) is 7.65. The monoisotopic (exact) mass is 374 g/mol. The smallest absolute Gasteiger partial charge is 0.253 e. The van der Waals surface area contributed by atoms with Crippen molar-refractivity contribution in [1.82, 2.24) is 14.7 Å². The number of carbonyl (C=O) groups is 1. The number of hydrogen-bond donors (Lipinski definition) is 0. The van der Waals surface area contributed by atoms with Gasteiger partial charge in [0.05, 0.1) is 23.5 Å². The highest BCUT2D eigenvalue weighted by Gasteiger charge is 2.25. The number of aromatic nitrogens is 2. The highest BCUT2D eigenvalue weighted by molar-refractivity contribution is 5.94. The molecule has 4 rings (SSSR count). The van der Waals surface area contributed by atoms with Crippen molar-refractivity contribution in [1.29, 1.82) is 5.26 Å². The molecule has 6 heteroatoms. The van der Waals surface area contributed by atoms with Crippen molar-refractivity contribution < 1.29 is 9.18 Å². The fraction of sp³-hybridized carbons (Fsp3) is 0.227. The predicted octanol–water partition coefficient (Wildman–Crippen LogP) is 3.90. The molecule has 0 bridgehead atoms. The standard InChI is InChI=1S/C22H19FN4O/c23-20-4-6-21(7-5-20)27-15-19(14-25-27)17-8-10-26(11-9-17)22(28)18-3-1-2-16(12-18)13-24/h1-7,12,14-15,17H,8-11H2. The van der Waals surface area contributed by atoms with E-state index in [-0.39, 0.29) is 11.7 Å². The van der Waals surface area contributed by atoms with Crippen LogP contribution in [0.4, 0.5) is 4.39 Å². The normalized spacial score (nSPS) is 14.6. The van der Waals surface area contributed by atoms with Crippen molar-refractivity contribution >= 4 is 5.91 Å². The first-order chi connectivity index (χ1) is 13.6. The lowest BCUT2D eigenvalue weighted by atomic mass is 9.91. The summed E-state index contributed by atoms with van der Waals surface area (Å²) in [6.45, 7) is 1.34. The molecular formula is C22H19FN4O. The fourth-order valence-electron chi connectivity index (χ4n) is 3.60. The van der Waals surface area contributed by atoms with E-state index >= 15 is 0 Å². The Balaban J connectivity index is 1.41. The van der Waals surface area contributed by atoms with Gasteiger partial charge in [-0.05, 0) is 66.8 Å². The summed E-state index contributed by atoms with van der Waals surface area (Å²) < 4.78 is 14.8. The average molecular weight is 374 g/mol. The summed E-state index contributed by atoms with van der Waals surface area (Å²) in [5.74, 6) is 0.0368. The summed E-state index contributed by atoms with van der Waals surface area (Å²) in [4.78, 5) is 14.5. The Hall–Kier alpha value is -3.46. The number of nitrogens with zero attached hydrogens (tertiary/aromatic N) is 4. The summed E-state index contributed by atoms with van der Waals surface area (Å²) >= 11 is 0. The van der Waals surface area contributed by atoms with Crippen LogP contribution in [0.5, 0.6) is 0 Å². The number of rotatable bonds is 3. The van der Waals surface area contributed by atoms with Gasteiger partial charge >= 0.3 is 0 Å². The lowest BCUT2D eigenvalue weighted by Gasteiger charge is -2.31. The Morgan fingerprint density at radius 3 is 2.61 bits per heavy atom. The molecule has 1 saturated heterocycles. The van der Waals surface area contributed by atoms with Crippen LogP contribution >= 0.6 is 0 Å². The number of halogens is 1. The minimum atomic E-state index is -0.270. The van der Waals surface area contributed by atoms with Crippen LogP contribution in [-0.2, 0) is 0 Å². The van der Waals surface area contributed by atoms with Crippen molar-refractivity contribution in [2.45, 2.75) is 18.8 Å². The molecule has 0 aliphatic carbocycles. The maximum atomic E-state index is 13.1. The Morgan fingerprint density at radius 2 is 1.89 bits per heavy atom. The van der Waals surface area contributed by atoms with E-state index in [2.05, 4.69) is 11.2 Å². The maximum absolute atomic E-state index is 13.1. The zero-order valence-electron chi connectivity index (χ0n) is 15.3. The van der Waals surface area contributed by atoms with E-state index in [9.17, 15) is 9.18 Å². The van der Waals surface area contributed by atoms with E-state index in [4.69, 9.17) is 5.26 Å². The van der Waals surface area contributed by atoms with E-state index in [1.54, 1.807) is 41.1 Å². The lowest BCUT2D eigenvalue weighted by Crippen LogP contribution is -2.37. The molecule has 1 aliphatic heterocycles. The summed E-state index contributed by atoms with van der Waals surface area (Å²) in [6, 6.07) is 15.1. The first-order valence-electron chi connectivity index (χ1n) is 9.24. The van der Waals surface area contributed by atoms with Gasteiger partial charge in [-0.3, -0.25) is 4.79 Å². The summed E-state index contributed by atoms with van der Waals surface area (Å²) in [6.07, 6.45) is 5.55. The van der Waals surface area contributed by atoms with Crippen LogP contribution in [-0.4, -0.2) is 33.7 Å². The number of nitriles is 1. The van der Waals surface area contributed by atoms with Crippen molar-refractivity contribution in [3.05, 3.63) is 83.4 Å². The molecule has 0 atom stereocenters. The molecule has 0 N–H and O–H groups in total. The highest BCUT2D eigenvalue weighted by Crippen LogP contribution is 2.29. The van der Waals surface area contributed by atoms with Crippen molar-refractivity contribution in [2.24, 2.45) is 0 Å². The van der Waals surface area contributed by atoms with E-state index < -0.39 is 0 Å². The fourth-order valence-corrected chi connectivity index (χ4v) is 3.60. The van der Waals surface area contributed by atoms with Gasteiger partial charge in [0.2, 0.25) is 0 Å². The van der Waals surface area contributed by atoms with Crippen LogP contribution in [0.1, 0.15) is 40.2 Å². The van der Waals surface area contributed by atoms with Crippen LogP contribution in [0.15, 0.2) is 60.9 Å². The van der Waals surface area contributed by atoms with Gasteiger partial charge in [-0.15, -0.1) is 0 Å². The van der Waals surface area contributed by atoms with Gasteiger partial charge in [0.25, 0.3) is 5.91 Å². The van der Waals surface area contributed by atoms with Crippen LogP contribution < -0.4 is 0 Å². The van der Waals surface area contributed by atoms with Gasteiger partial charge in [0.15, 0.2) is 0 Å². The molecule has 5 nitrogen and oxygen atoms in total. The Labute approximate surface area is 162 Å². The largest absolute Gasteiger partial charge is 0.339 e. The molecule has 0 saturated carbocycles. The first-order valence-corrected chi connectivity index (χ1v) is 9.24. The summed E-state index contributed by atoms with van der Waals surface area (Å²) in [7, 11) is 0. The minimum absolute atomic E-state index is 0.0300. The second-order valence-corrected chi connectivity index (χ2v) is 6.95. The van der Waals surface area contributed by atoms with Crippen molar-refractivity contribution in [3.63, 3.8) is 0 Å².